The molecule has 2 aliphatic heterocycles. The van der Waals surface area contributed by atoms with Gasteiger partial charge in [0.2, 0.25) is 0 Å². The van der Waals surface area contributed by atoms with Crippen LogP contribution in [0.4, 0.5) is 0 Å². The van der Waals surface area contributed by atoms with Crippen LogP contribution in [0.15, 0.2) is 215 Å². The topological polar surface area (TPSA) is 56.0 Å². The van der Waals surface area contributed by atoms with E-state index in [-0.39, 0.29) is 0 Å². The number of furan rings is 1. The number of nitrogens with zero attached hydrogens (tertiary/aromatic N) is 2. The Labute approximate surface area is 345 Å². The zero-order chi connectivity index (χ0) is 39.1. The van der Waals surface area contributed by atoms with Gasteiger partial charge in [-0.15, -0.1) is 0 Å². The van der Waals surface area contributed by atoms with Crippen molar-refractivity contribution in [1.82, 2.24) is 9.97 Å². The minimum Gasteiger partial charge on any atom is -0.456 e. The predicted octanol–water partition coefficient (Wildman–Crippen LogP) is 12.2. The van der Waals surface area contributed by atoms with Crippen molar-refractivity contribution in [3.05, 3.63) is 223 Å². The summed E-state index contributed by atoms with van der Waals surface area (Å²) < 4.78 is 23.0. The molecule has 0 fully saturated rings. The molecular weight excluding hydrogens is 760 g/mol. The van der Waals surface area contributed by atoms with Crippen LogP contribution in [-0.2, 0) is 9.98 Å². The highest BCUT2D eigenvalue weighted by atomic mass is 32.2. The van der Waals surface area contributed by atoms with Gasteiger partial charge in [-0.05, 0) is 128 Å². The van der Waals surface area contributed by atoms with Gasteiger partial charge in [-0.1, -0.05) is 115 Å². The van der Waals surface area contributed by atoms with Crippen molar-refractivity contribution >= 4 is 56.8 Å². The molecule has 5 heterocycles. The molecule has 0 bridgehead atoms. The third-order valence-corrected chi connectivity index (χ3v) is 16.5. The van der Waals surface area contributed by atoms with E-state index in [0.717, 1.165) is 87.3 Å². The normalized spacial score (nSPS) is 17.6. The van der Waals surface area contributed by atoms with Crippen LogP contribution in [0, 0.1) is 0 Å². The molecular formula is C53H33N2O2PS. The Bertz CT molecular complexity index is 3290. The van der Waals surface area contributed by atoms with E-state index >= 15 is 4.57 Å². The summed E-state index contributed by atoms with van der Waals surface area (Å²) in [6.45, 7) is 0. The number of fused-ring (bicyclic) bond motifs is 11. The Morgan fingerprint density at radius 3 is 1.78 bits per heavy atom. The van der Waals surface area contributed by atoms with Crippen LogP contribution in [0.25, 0.3) is 55.3 Å². The predicted molar refractivity (Wildman–Crippen MR) is 241 cm³/mol. The lowest BCUT2D eigenvalue weighted by Crippen LogP contribution is -2.48. The van der Waals surface area contributed by atoms with Crippen LogP contribution in [0.2, 0.25) is 0 Å². The van der Waals surface area contributed by atoms with E-state index in [2.05, 4.69) is 137 Å². The quantitative estimate of drug-likeness (QED) is 0.166. The molecule has 278 valence electrons. The van der Waals surface area contributed by atoms with Crippen LogP contribution in [0.1, 0.15) is 22.3 Å². The summed E-state index contributed by atoms with van der Waals surface area (Å²) in [6.07, 6.45) is 7.38. The molecule has 2 aliphatic rings. The molecule has 6 heteroatoms. The summed E-state index contributed by atoms with van der Waals surface area (Å²) in [6, 6.07) is 61.9. The van der Waals surface area contributed by atoms with Gasteiger partial charge in [0, 0.05) is 61.3 Å². The molecule has 59 heavy (non-hydrogen) atoms. The first-order chi connectivity index (χ1) is 29.1. The second-order valence-corrected chi connectivity index (χ2v) is 19.0. The summed E-state index contributed by atoms with van der Waals surface area (Å²) in [4.78, 5) is 10.9. The fourth-order valence-electron chi connectivity index (χ4n) is 9.60. The SMILES string of the molecule is O=P1(c2ccccc2)c2ccccc2C2(c3ccccc3Sc3cc(-c4cc(-c5ccncc5)cc(-c5ccncc5)c4)ccc32)c2cc3c(cc21)oc1ccccc13. The lowest BCUT2D eigenvalue weighted by Gasteiger charge is -2.47. The maximum absolute atomic E-state index is 16.5. The fourth-order valence-corrected chi connectivity index (χ4v) is 14.0. The van der Waals surface area contributed by atoms with Gasteiger partial charge in [-0.2, -0.15) is 0 Å². The summed E-state index contributed by atoms with van der Waals surface area (Å²) in [5.41, 5.74) is 11.9. The van der Waals surface area contributed by atoms with E-state index in [0.29, 0.717) is 0 Å². The fraction of sp³-hybridized carbons (Fsp3) is 0.0189. The minimum atomic E-state index is -3.41. The Kier molecular flexibility index (Phi) is 7.62. The highest BCUT2D eigenvalue weighted by Crippen LogP contribution is 2.62. The Morgan fingerprint density at radius 2 is 1.03 bits per heavy atom. The number of hydrogen-bond donors (Lipinski definition) is 0. The first-order valence-electron chi connectivity index (χ1n) is 19.7. The van der Waals surface area contributed by atoms with E-state index in [1.807, 2.05) is 85.1 Å². The Hall–Kier alpha value is -6.78. The largest absolute Gasteiger partial charge is 0.456 e. The van der Waals surface area contributed by atoms with Gasteiger partial charge in [0.1, 0.15) is 11.2 Å². The van der Waals surface area contributed by atoms with Crippen LogP contribution in [0.3, 0.4) is 0 Å². The van der Waals surface area contributed by atoms with E-state index in [1.54, 1.807) is 0 Å². The van der Waals surface area contributed by atoms with Crippen LogP contribution in [0.5, 0.6) is 0 Å². The molecule has 3 aromatic heterocycles. The molecule has 10 aromatic rings. The zero-order valence-corrected chi connectivity index (χ0v) is 33.3. The Balaban J connectivity index is 1.17. The maximum atomic E-state index is 16.5. The first-order valence-corrected chi connectivity index (χ1v) is 22.2. The van der Waals surface area contributed by atoms with E-state index in [4.69, 9.17) is 4.42 Å². The minimum absolute atomic E-state index is 0.740. The van der Waals surface area contributed by atoms with E-state index in [9.17, 15) is 0 Å². The van der Waals surface area contributed by atoms with Crippen molar-refractivity contribution in [2.75, 3.05) is 0 Å². The van der Waals surface area contributed by atoms with E-state index < -0.39 is 12.6 Å². The number of benzene rings is 7. The molecule has 2 unspecified atom stereocenters. The summed E-state index contributed by atoms with van der Waals surface area (Å²) in [5.74, 6) is 0. The van der Waals surface area contributed by atoms with Crippen molar-refractivity contribution in [1.29, 1.82) is 0 Å². The van der Waals surface area contributed by atoms with Gasteiger partial charge >= 0.3 is 0 Å². The zero-order valence-electron chi connectivity index (χ0n) is 31.6. The van der Waals surface area contributed by atoms with Gasteiger partial charge in [-0.25, -0.2) is 0 Å². The van der Waals surface area contributed by atoms with Gasteiger partial charge in [0.15, 0.2) is 7.14 Å². The third-order valence-electron chi connectivity index (χ3n) is 12.2. The molecule has 0 saturated carbocycles. The molecule has 0 saturated heterocycles. The lowest BCUT2D eigenvalue weighted by atomic mass is 9.64. The highest BCUT2D eigenvalue weighted by Gasteiger charge is 2.54. The van der Waals surface area contributed by atoms with Gasteiger partial charge < -0.3 is 8.98 Å². The van der Waals surface area contributed by atoms with Crippen molar-refractivity contribution in [2.24, 2.45) is 0 Å². The Morgan fingerprint density at radius 1 is 0.424 bits per heavy atom. The molecule has 4 nitrogen and oxygen atoms in total. The number of rotatable bonds is 4. The molecule has 0 amide bonds. The number of aromatic nitrogens is 2. The molecule has 12 rings (SSSR count). The van der Waals surface area contributed by atoms with Crippen LogP contribution < -0.4 is 15.9 Å². The van der Waals surface area contributed by atoms with Crippen LogP contribution >= 0.6 is 18.9 Å². The van der Waals surface area contributed by atoms with Gasteiger partial charge in [-0.3, -0.25) is 9.97 Å². The van der Waals surface area contributed by atoms with Crippen molar-refractivity contribution in [3.63, 3.8) is 0 Å². The van der Waals surface area contributed by atoms with Gasteiger partial charge in [0.05, 0.1) is 5.41 Å². The average Bonchev–Trinajstić information content (AvgIpc) is 3.68. The van der Waals surface area contributed by atoms with Crippen LogP contribution in [-0.4, -0.2) is 9.97 Å². The monoisotopic (exact) mass is 792 g/mol. The summed E-state index contributed by atoms with van der Waals surface area (Å²) in [5, 5.41) is 4.55. The molecule has 1 spiro atoms. The summed E-state index contributed by atoms with van der Waals surface area (Å²) >= 11 is 1.81. The smallest absolute Gasteiger partial charge is 0.171 e. The number of hydrogen-bond acceptors (Lipinski definition) is 5. The second kappa shape index (κ2) is 13.1. The average molecular weight is 793 g/mol. The first kappa shape index (κ1) is 34.3. The molecule has 2 atom stereocenters. The maximum Gasteiger partial charge on any atom is 0.171 e. The number of para-hydroxylation sites is 1. The van der Waals surface area contributed by atoms with Crippen molar-refractivity contribution < 1.29 is 8.98 Å². The highest BCUT2D eigenvalue weighted by molar-refractivity contribution is 7.99. The lowest BCUT2D eigenvalue weighted by molar-refractivity contribution is 0.589. The molecule has 7 aromatic carbocycles. The molecule has 0 aliphatic carbocycles. The summed E-state index contributed by atoms with van der Waals surface area (Å²) in [7, 11) is -3.41. The van der Waals surface area contributed by atoms with E-state index in [1.165, 1.54) is 16.0 Å². The molecule has 0 N–H and O–H groups in total. The van der Waals surface area contributed by atoms with Crippen molar-refractivity contribution in [2.45, 2.75) is 15.2 Å². The molecule has 0 radical (unpaired) electrons. The second-order valence-electron chi connectivity index (χ2n) is 15.3. The van der Waals surface area contributed by atoms with Gasteiger partial charge in [0.25, 0.3) is 0 Å². The van der Waals surface area contributed by atoms with Crippen molar-refractivity contribution in [3.8, 4) is 33.4 Å². The standard InChI is InChI=1S/C53H33N2O2PS/c56-58(40-10-2-1-3-11-40)49-16-8-5-13-43(49)53(46-32-42-41-12-4-7-15-47(41)57-48(42)33-50(46)58)44-14-6-9-17-51(44)59-52-31-36(18-19-45(52)53)39-29-37(34-20-24-54-25-21-34)28-38(30-39)35-22-26-55-27-23-35/h1-33H. The number of pyridine rings is 2. The third kappa shape index (κ3) is 5.02.